The number of aliphatic hydroxyl groups excluding tert-OH is 2. The third-order valence-corrected chi connectivity index (χ3v) is 25.4. The fourth-order valence-electron chi connectivity index (χ4n) is 15.1. The third-order valence-electron chi connectivity index (χ3n) is 25.1. The van der Waals surface area contributed by atoms with E-state index in [0.29, 0.717) is 190 Å². The van der Waals surface area contributed by atoms with Crippen molar-refractivity contribution in [2.45, 2.75) is 90.0 Å². The number of nitrogens with one attached hydrogen (secondary N) is 3. The molecule has 11 heterocycles. The minimum Gasteiger partial charge on any atom is -0.490 e. The highest BCUT2D eigenvalue weighted by atomic mass is 35.5. The van der Waals surface area contributed by atoms with Crippen LogP contribution in [-0.4, -0.2) is 349 Å². The number of aryl methyl sites for hydroxylation is 10. The van der Waals surface area contributed by atoms with Gasteiger partial charge in [-0.25, -0.2) is 47.5 Å². The number of carbonyl (C=O) groups is 4. The molecule has 0 unspecified atom stereocenters. The Morgan fingerprint density at radius 2 is 0.725 bits per heavy atom. The average molecular weight is 2060 g/mol. The lowest BCUT2D eigenvalue weighted by molar-refractivity contribution is -0.870. The first kappa shape index (κ1) is 113. The number of hydrogen-bond donors (Lipinski definition) is 8. The first-order valence-corrected chi connectivity index (χ1v) is 49.7. The summed E-state index contributed by atoms with van der Waals surface area (Å²) >= 11 is 6.11. The molecule has 16 rings (SSSR count). The van der Waals surface area contributed by atoms with E-state index in [0.717, 1.165) is 139 Å². The zero-order chi connectivity index (χ0) is 109. The maximum atomic E-state index is 12.7. The van der Waals surface area contributed by atoms with Gasteiger partial charge in [-0.2, -0.15) is 0 Å². The molecule has 10 aromatic rings. The number of morpholine rings is 1. The fraction of sp³-hybridized carbons (Fsp3) is 0.404. The summed E-state index contributed by atoms with van der Waals surface area (Å²) < 4.78 is 54.4. The van der Waals surface area contributed by atoms with E-state index in [1.165, 1.54) is 24.3 Å². The van der Waals surface area contributed by atoms with Gasteiger partial charge in [0, 0.05) is 77.5 Å². The molecule has 0 bridgehead atoms. The molecule has 6 aliphatic rings. The van der Waals surface area contributed by atoms with Gasteiger partial charge in [0.2, 0.25) is 11.6 Å². The normalized spacial score (nSPS) is 16.6. The van der Waals surface area contributed by atoms with Crippen molar-refractivity contribution in [2.24, 2.45) is 42.2 Å². The van der Waals surface area contributed by atoms with E-state index < -0.39 is 0 Å². The fourth-order valence-corrected chi connectivity index (χ4v) is 15.4. The van der Waals surface area contributed by atoms with Gasteiger partial charge >= 0.3 is 0 Å². The van der Waals surface area contributed by atoms with E-state index in [1.807, 2.05) is 152 Å². The van der Waals surface area contributed by atoms with Gasteiger partial charge in [0.05, 0.1) is 204 Å². The highest BCUT2D eigenvalue weighted by molar-refractivity contribution is 6.51. The van der Waals surface area contributed by atoms with Gasteiger partial charge in [0.1, 0.15) is 101 Å². The topological polar surface area (TPSA) is 448 Å². The first-order chi connectivity index (χ1) is 70.0. The lowest BCUT2D eigenvalue weighted by Crippen LogP contribution is -2.38. The van der Waals surface area contributed by atoms with Crippen LogP contribution in [0.15, 0.2) is 202 Å². The number of fused-ring (bicyclic) bond motifs is 6. The Bertz CT molecular complexity index is 7410. The standard InChI is InChI=1S/C23H31N5O3.C22H31N6O3.C22H27N5O3.C21H26ClN5O2.C21H27N5O2/c1-15-7-8-20-22(23(26-27(20)17(15)3)31-12-10-28(4,5)6)25-19-13-16(2)21(30)14-18(19)24-9-11-29;1-14-6-7-19-21(22(26-27(19)15(14)2)31-10-8-28(3,4)5)25-18-13-20(30-11-9-29)17(24)12-16(18)23;1-14-6-7-18-21(22(25-26(18)15(14)2)30-11-9-27(3,4)5)24-16-13-20-17(12-19(16)28)23-8-10-29-20;1-12-7-8-16-19(24-15-11-13(2)20(28)17(22)18(15)23)21(25-26(16)14(12)3)29-10-9-27(4,5)6;1-13-7-8-18-20(23-17-11-14(2)19(27)12-16(17)22)21(24-25(18)15(13)3)28-10-9-26(4,5)6/h7-8,13-14,29H,9-12H2,1-6H3;6-7,12-13,23,29H,8-11,24H2,1-5H3;6-7,12-13H,8-11H2,1-5H3;7-8,11H,9-10H2,1-6H3,(H-,23,28);7-8,11-12H,9-10H2,1-6H3,(H-,22,27)/q;+1;;;/p+4. The van der Waals surface area contributed by atoms with Gasteiger partial charge in [-0.15, -0.1) is 25.5 Å². The summed E-state index contributed by atoms with van der Waals surface area (Å²) in [6.07, 6.45) is 14.3. The summed E-state index contributed by atoms with van der Waals surface area (Å²) in [7, 11) is 31.6. The van der Waals surface area contributed by atoms with Crippen LogP contribution in [0.1, 0.15) is 77.1 Å². The lowest BCUT2D eigenvalue weighted by Gasteiger charge is -2.23. The number of Topliss-reactive ketones (excluding diaryl/α,β-unsaturated/α-hetero) is 1. The molecule has 0 amide bonds. The Morgan fingerprint density at radius 3 is 1.09 bits per heavy atom. The molecular weight excluding hydrogens is 1920 g/mol. The minimum atomic E-state index is -0.283. The van der Waals surface area contributed by atoms with Crippen molar-refractivity contribution in [3.8, 4) is 29.4 Å². The van der Waals surface area contributed by atoms with Crippen molar-refractivity contribution in [2.75, 3.05) is 211 Å². The molecule has 0 spiro atoms. The molecule has 0 saturated carbocycles. The molecule has 5 aliphatic carbocycles. The Kier molecular flexibility index (Phi) is 35.7. The zero-order valence-corrected chi connectivity index (χ0v) is 92.0. The molecule has 39 nitrogen and oxygen atoms in total. The number of aliphatic hydroxyl groups is 2. The number of quaternary nitrogens is 5. The maximum Gasteiger partial charge on any atom is 0.260 e. The van der Waals surface area contributed by atoms with Gasteiger partial charge in [-0.3, -0.25) is 24.6 Å². The summed E-state index contributed by atoms with van der Waals surface area (Å²) in [6, 6.07) is 20.0. The number of aliphatic imine (C=N–C) groups is 5. The van der Waals surface area contributed by atoms with E-state index in [4.69, 9.17) is 97.5 Å². The molecule has 149 heavy (non-hydrogen) atoms. The van der Waals surface area contributed by atoms with Gasteiger partial charge in [0.25, 0.3) is 29.4 Å². The smallest absolute Gasteiger partial charge is 0.260 e. The Hall–Kier alpha value is -14.8. The average Bonchev–Trinajstić information content (AvgIpc) is 1.62. The molecule has 0 atom stereocenters. The van der Waals surface area contributed by atoms with Crippen LogP contribution in [0.3, 0.4) is 0 Å². The van der Waals surface area contributed by atoms with Gasteiger partial charge in [-0.05, 0) is 184 Å². The SMILES string of the molecule is CC1=CC(=Nc2c(OCC[N+](C)(C)C)nn3c(C)c(C)ccc23)C(N)=C(Cl)C1=O.CC1=CC(=Nc2c(OCC[N+](C)(C)C)nn3c(C)c(C)ccc23)C(N)=CC1=O.CC1=CC(=Nc2c(OCC[N+](C)(C)C)nn3c(C)c(C)ccc23)C(NCCO)=CC1=O.Cc1ccc2c(N=C3C=C(OCCO)C(N)=CC3=N)c(OCC[N+](C)(C)C)nn2c1C.Cc1ccc2c(N=C3C=C4OCCNC4=CC3=O)c(OCC[N+](C)(C)C)nn2c1C. The van der Waals surface area contributed by atoms with E-state index in [9.17, 15) is 24.3 Å². The highest BCUT2D eigenvalue weighted by Crippen LogP contribution is 2.41. The van der Waals surface area contributed by atoms with Gasteiger partial charge < -0.3 is 93.6 Å². The highest BCUT2D eigenvalue weighted by Gasteiger charge is 2.32. The van der Waals surface area contributed by atoms with Crippen molar-refractivity contribution in [3.63, 3.8) is 0 Å². The summed E-state index contributed by atoms with van der Waals surface area (Å²) in [5, 5.41) is 56.1. The molecule has 1 saturated heterocycles. The van der Waals surface area contributed by atoms with Gasteiger partial charge in [0.15, 0.2) is 40.0 Å². The maximum absolute atomic E-state index is 12.7. The van der Waals surface area contributed by atoms with Crippen molar-refractivity contribution in [1.29, 1.82) is 5.41 Å². The molecule has 1 aliphatic heterocycles. The van der Waals surface area contributed by atoms with Crippen LogP contribution < -0.4 is 51.5 Å². The van der Waals surface area contributed by atoms with E-state index in [-0.39, 0.29) is 59.4 Å². The van der Waals surface area contributed by atoms with E-state index in [1.54, 1.807) is 51.2 Å². The second-order valence-electron chi connectivity index (χ2n) is 42.4. The van der Waals surface area contributed by atoms with Gasteiger partial charge in [-0.1, -0.05) is 41.9 Å². The number of pyridine rings is 5. The number of nitrogens with zero attached hydrogens (tertiary/aromatic N) is 20. The quantitative estimate of drug-likeness (QED) is 0.0114. The number of nitrogens with two attached hydrogens (primary N) is 3. The Morgan fingerprint density at radius 1 is 0.389 bits per heavy atom. The molecule has 11 N–H and O–H groups in total. The predicted octanol–water partition coefficient (Wildman–Crippen LogP) is 11.6. The molecule has 792 valence electrons. The van der Waals surface area contributed by atoms with Crippen molar-refractivity contribution < 1.29 is 85.0 Å². The monoisotopic (exact) mass is 2060 g/mol. The summed E-state index contributed by atoms with van der Waals surface area (Å²) in [5.74, 6) is 2.56. The number of hydrogen-bond acceptors (Lipinski definition) is 29. The number of ketones is 4. The van der Waals surface area contributed by atoms with Crippen molar-refractivity contribution in [3.05, 3.63) is 233 Å². The number of ether oxygens (including phenoxy) is 7. The largest absolute Gasteiger partial charge is 0.490 e. The second-order valence-corrected chi connectivity index (χ2v) is 42.8. The zero-order valence-electron chi connectivity index (χ0n) is 91.2. The lowest BCUT2D eigenvalue weighted by atomic mass is 10.0. The summed E-state index contributed by atoms with van der Waals surface area (Å²) in [4.78, 5) is 72.5. The van der Waals surface area contributed by atoms with Crippen molar-refractivity contribution >= 4 is 125 Å². The van der Waals surface area contributed by atoms with Crippen LogP contribution in [0.5, 0.6) is 29.4 Å². The van der Waals surface area contributed by atoms with E-state index in [2.05, 4.69) is 142 Å². The molecular formula is C109H146ClN26O13+5. The first-order valence-electron chi connectivity index (χ1n) is 49.3. The van der Waals surface area contributed by atoms with Crippen LogP contribution in [0.4, 0.5) is 28.4 Å². The third kappa shape index (κ3) is 28.4. The van der Waals surface area contributed by atoms with Crippen LogP contribution >= 0.6 is 11.6 Å². The number of halogens is 1. The second kappa shape index (κ2) is 47.1. The van der Waals surface area contributed by atoms with Crippen molar-refractivity contribution in [1.82, 2.24) is 58.7 Å². The number of rotatable bonds is 31. The van der Waals surface area contributed by atoms with Crippen LogP contribution in [0.2, 0.25) is 0 Å². The molecule has 40 heteroatoms. The van der Waals surface area contributed by atoms with E-state index >= 15 is 0 Å². The number of allylic oxidation sites excluding steroid dienone is 13. The van der Waals surface area contributed by atoms with Crippen LogP contribution in [0.25, 0.3) is 27.6 Å². The molecule has 10 aromatic heterocycles. The number of likely N-dealkylation sites (N-methyl/N-ethyl adjacent to an activating group) is 5. The van der Waals surface area contributed by atoms with Crippen LogP contribution in [0, 0.1) is 74.6 Å². The minimum absolute atomic E-state index is 0.0141. The summed E-state index contributed by atoms with van der Waals surface area (Å²) in [6.45, 7) is 33.4. The number of carbonyl (C=O) groups excluding carboxylic acids is 4. The Labute approximate surface area is 875 Å². The molecule has 1 fully saturated rings. The van der Waals surface area contributed by atoms with Crippen LogP contribution in [-0.2, 0) is 28.7 Å². The number of aromatic nitrogens is 10. The Balaban J connectivity index is 0.000000165. The molecule has 0 radical (unpaired) electrons. The molecule has 0 aromatic carbocycles. The summed E-state index contributed by atoms with van der Waals surface area (Å²) in [5.41, 5.74) is 41.9. The predicted molar refractivity (Wildman–Crippen MR) is 586 cm³/mol.